The number of nitrogens with one attached hydrogen (secondary N) is 1. The highest BCUT2D eigenvalue weighted by Crippen LogP contribution is 2.23. The molecule has 0 aliphatic rings. The van der Waals surface area contributed by atoms with Crippen LogP contribution in [0.15, 0.2) is 22.7 Å². The molecule has 0 bridgehead atoms. The number of hydrogen-bond acceptors (Lipinski definition) is 3. The highest BCUT2D eigenvalue weighted by Gasteiger charge is 2.21. The standard InChI is InChI=1S/C13H20BrFN2O/c1-3-5-12(18-2)11(17-16)8-9-6-4-7-10(15)13(9)14/h4,6-7,11-12,17H,3,5,8,16H2,1-2H3. The molecule has 1 rings (SSSR count). The average molecular weight is 319 g/mol. The highest BCUT2D eigenvalue weighted by atomic mass is 79.9. The number of hydrazine groups is 1. The maximum atomic E-state index is 13.4. The van der Waals surface area contributed by atoms with Gasteiger partial charge in [0.15, 0.2) is 0 Å². The van der Waals surface area contributed by atoms with Crippen LogP contribution in [0.25, 0.3) is 0 Å². The van der Waals surface area contributed by atoms with Crippen molar-refractivity contribution in [3.05, 3.63) is 34.1 Å². The zero-order valence-electron chi connectivity index (χ0n) is 10.7. The zero-order chi connectivity index (χ0) is 13.5. The maximum Gasteiger partial charge on any atom is 0.137 e. The van der Waals surface area contributed by atoms with Gasteiger partial charge in [0, 0.05) is 7.11 Å². The predicted octanol–water partition coefficient (Wildman–Crippen LogP) is 2.78. The summed E-state index contributed by atoms with van der Waals surface area (Å²) in [5.74, 6) is 5.32. The molecule has 18 heavy (non-hydrogen) atoms. The number of hydrogen-bond donors (Lipinski definition) is 2. The molecule has 0 aliphatic carbocycles. The monoisotopic (exact) mass is 318 g/mol. The Morgan fingerprint density at radius 3 is 2.78 bits per heavy atom. The van der Waals surface area contributed by atoms with Crippen molar-refractivity contribution in [2.45, 2.75) is 38.3 Å². The number of halogens is 2. The van der Waals surface area contributed by atoms with Gasteiger partial charge in [-0.1, -0.05) is 25.5 Å². The summed E-state index contributed by atoms with van der Waals surface area (Å²) < 4.78 is 19.4. The predicted molar refractivity (Wildman–Crippen MR) is 74.6 cm³/mol. The Bertz CT molecular complexity index is 376. The molecule has 5 heteroatoms. The average Bonchev–Trinajstić information content (AvgIpc) is 2.38. The Hall–Kier alpha value is -0.490. The van der Waals surface area contributed by atoms with E-state index >= 15 is 0 Å². The molecule has 0 fully saturated rings. The minimum Gasteiger partial charge on any atom is -0.380 e. The lowest BCUT2D eigenvalue weighted by Crippen LogP contribution is -2.46. The van der Waals surface area contributed by atoms with Gasteiger partial charge in [0.2, 0.25) is 0 Å². The molecule has 0 heterocycles. The van der Waals surface area contributed by atoms with Crippen LogP contribution in [0.1, 0.15) is 25.3 Å². The van der Waals surface area contributed by atoms with Gasteiger partial charge in [-0.15, -0.1) is 0 Å². The first-order valence-corrected chi connectivity index (χ1v) is 6.85. The minimum atomic E-state index is -0.257. The van der Waals surface area contributed by atoms with E-state index in [1.54, 1.807) is 13.2 Å². The van der Waals surface area contributed by atoms with Gasteiger partial charge >= 0.3 is 0 Å². The van der Waals surface area contributed by atoms with Gasteiger partial charge in [0.25, 0.3) is 0 Å². The second-order valence-electron chi connectivity index (χ2n) is 4.25. The molecule has 3 N–H and O–H groups in total. The van der Waals surface area contributed by atoms with Crippen LogP contribution in [0.3, 0.4) is 0 Å². The molecule has 0 saturated heterocycles. The van der Waals surface area contributed by atoms with E-state index in [1.807, 2.05) is 6.07 Å². The summed E-state index contributed by atoms with van der Waals surface area (Å²) in [7, 11) is 1.67. The van der Waals surface area contributed by atoms with Crippen molar-refractivity contribution in [1.29, 1.82) is 0 Å². The summed E-state index contributed by atoms with van der Waals surface area (Å²) in [4.78, 5) is 0. The molecule has 1 aromatic rings. The lowest BCUT2D eigenvalue weighted by Gasteiger charge is -2.25. The van der Waals surface area contributed by atoms with Crippen LogP contribution in [0.2, 0.25) is 0 Å². The zero-order valence-corrected chi connectivity index (χ0v) is 12.3. The van der Waals surface area contributed by atoms with E-state index in [2.05, 4.69) is 28.3 Å². The quantitative estimate of drug-likeness (QED) is 0.600. The molecule has 2 atom stereocenters. The fourth-order valence-corrected chi connectivity index (χ4v) is 2.43. The Balaban J connectivity index is 2.81. The van der Waals surface area contributed by atoms with Crippen LogP contribution in [-0.4, -0.2) is 19.3 Å². The molecule has 0 saturated carbocycles. The molecular weight excluding hydrogens is 299 g/mol. The molecule has 0 amide bonds. The lowest BCUT2D eigenvalue weighted by molar-refractivity contribution is 0.0608. The molecule has 0 spiro atoms. The lowest BCUT2D eigenvalue weighted by atomic mass is 9.99. The summed E-state index contributed by atoms with van der Waals surface area (Å²) in [6.07, 6.45) is 2.57. The minimum absolute atomic E-state index is 0.0233. The van der Waals surface area contributed by atoms with Crippen LogP contribution in [0.5, 0.6) is 0 Å². The summed E-state index contributed by atoms with van der Waals surface area (Å²) in [5.41, 5.74) is 3.65. The van der Waals surface area contributed by atoms with E-state index in [-0.39, 0.29) is 18.0 Å². The molecule has 1 aromatic carbocycles. The first-order valence-electron chi connectivity index (χ1n) is 6.05. The summed E-state index contributed by atoms with van der Waals surface area (Å²) in [5, 5.41) is 0. The summed E-state index contributed by atoms with van der Waals surface area (Å²) in [6, 6.07) is 4.98. The Morgan fingerprint density at radius 2 is 2.22 bits per heavy atom. The van der Waals surface area contributed by atoms with E-state index in [0.29, 0.717) is 10.9 Å². The second-order valence-corrected chi connectivity index (χ2v) is 5.05. The van der Waals surface area contributed by atoms with Crippen LogP contribution < -0.4 is 11.3 Å². The third-order valence-electron chi connectivity index (χ3n) is 3.01. The van der Waals surface area contributed by atoms with Gasteiger partial charge in [-0.05, 0) is 40.4 Å². The maximum absolute atomic E-state index is 13.4. The number of ether oxygens (including phenoxy) is 1. The van der Waals surface area contributed by atoms with Crippen molar-refractivity contribution in [3.8, 4) is 0 Å². The van der Waals surface area contributed by atoms with Gasteiger partial charge in [0.05, 0.1) is 16.6 Å². The van der Waals surface area contributed by atoms with Crippen molar-refractivity contribution in [2.24, 2.45) is 5.84 Å². The fraction of sp³-hybridized carbons (Fsp3) is 0.538. The van der Waals surface area contributed by atoms with E-state index < -0.39 is 0 Å². The van der Waals surface area contributed by atoms with Crippen molar-refractivity contribution in [2.75, 3.05) is 7.11 Å². The second kappa shape index (κ2) is 7.84. The van der Waals surface area contributed by atoms with Crippen molar-refractivity contribution >= 4 is 15.9 Å². The Morgan fingerprint density at radius 1 is 1.50 bits per heavy atom. The molecule has 102 valence electrons. The SMILES string of the molecule is CCCC(OC)C(Cc1cccc(F)c1Br)NN. The Labute approximate surface area is 116 Å². The fourth-order valence-electron chi connectivity index (χ4n) is 2.01. The van der Waals surface area contributed by atoms with E-state index in [1.165, 1.54) is 6.07 Å². The van der Waals surface area contributed by atoms with Gasteiger partial charge in [0.1, 0.15) is 5.82 Å². The third kappa shape index (κ3) is 4.02. The largest absolute Gasteiger partial charge is 0.380 e. The van der Waals surface area contributed by atoms with E-state index in [0.717, 1.165) is 18.4 Å². The van der Waals surface area contributed by atoms with Crippen LogP contribution in [-0.2, 0) is 11.2 Å². The van der Waals surface area contributed by atoms with Gasteiger partial charge in [-0.25, -0.2) is 4.39 Å². The van der Waals surface area contributed by atoms with Gasteiger partial charge in [-0.2, -0.15) is 0 Å². The van der Waals surface area contributed by atoms with E-state index in [9.17, 15) is 4.39 Å². The number of methoxy groups -OCH3 is 1. The van der Waals surface area contributed by atoms with Crippen molar-refractivity contribution in [3.63, 3.8) is 0 Å². The molecular formula is C13H20BrFN2O. The molecule has 3 nitrogen and oxygen atoms in total. The van der Waals surface area contributed by atoms with Crippen molar-refractivity contribution in [1.82, 2.24) is 5.43 Å². The summed E-state index contributed by atoms with van der Waals surface area (Å²) >= 11 is 3.26. The highest BCUT2D eigenvalue weighted by molar-refractivity contribution is 9.10. The van der Waals surface area contributed by atoms with Crippen LogP contribution in [0, 0.1) is 5.82 Å². The molecule has 0 aromatic heterocycles. The Kier molecular flexibility index (Phi) is 6.78. The van der Waals surface area contributed by atoms with Crippen molar-refractivity contribution < 1.29 is 9.13 Å². The first kappa shape index (κ1) is 15.6. The van der Waals surface area contributed by atoms with Gasteiger partial charge < -0.3 is 4.74 Å². The molecule has 0 radical (unpaired) electrons. The van der Waals surface area contributed by atoms with Crippen LogP contribution in [0.4, 0.5) is 4.39 Å². The van der Waals surface area contributed by atoms with Gasteiger partial charge in [-0.3, -0.25) is 11.3 Å². The van der Waals surface area contributed by atoms with Crippen LogP contribution >= 0.6 is 15.9 Å². The number of rotatable bonds is 7. The normalized spacial score (nSPS) is 14.5. The number of nitrogens with two attached hydrogens (primary N) is 1. The topological polar surface area (TPSA) is 47.3 Å². The first-order chi connectivity index (χ1) is 8.63. The third-order valence-corrected chi connectivity index (χ3v) is 3.90. The molecule has 2 unspecified atom stereocenters. The smallest absolute Gasteiger partial charge is 0.137 e. The molecule has 0 aliphatic heterocycles. The van der Waals surface area contributed by atoms with E-state index in [4.69, 9.17) is 10.6 Å². The summed E-state index contributed by atoms with van der Waals surface area (Å²) in [6.45, 7) is 2.09. The number of benzene rings is 1.